The lowest BCUT2D eigenvalue weighted by molar-refractivity contribution is -0.317. The normalized spacial score (nSPS) is 44.3. The summed E-state index contributed by atoms with van der Waals surface area (Å²) in [6.07, 6.45) is -10.7. The molecular weight excluding hydrogens is 813 g/mol. The summed E-state index contributed by atoms with van der Waals surface area (Å²) < 4.78 is 66.6. The maximum Gasteiger partial charge on any atom is 0.311 e. The van der Waals surface area contributed by atoms with Crippen LogP contribution in [0.2, 0.25) is 0 Å². The zero-order chi connectivity index (χ0) is 46.2. The summed E-state index contributed by atoms with van der Waals surface area (Å²) in [5.74, 6) is -3.03. The van der Waals surface area contributed by atoms with Crippen LogP contribution >= 0.6 is 0 Å². The molecule has 18 atom stereocenters. The fraction of sp³-hybridized carbons (Fsp3) is 0.841. The predicted molar refractivity (Wildman–Crippen MR) is 227 cm³/mol. The van der Waals surface area contributed by atoms with E-state index in [2.05, 4.69) is 0 Å². The summed E-state index contributed by atoms with van der Waals surface area (Å²) in [4.78, 5) is 16.3. The minimum absolute atomic E-state index is 0.0626. The van der Waals surface area contributed by atoms with Gasteiger partial charge in [-0.1, -0.05) is 38.5 Å². The van der Waals surface area contributed by atoms with Crippen molar-refractivity contribution in [3.05, 3.63) is 29.8 Å². The van der Waals surface area contributed by atoms with Gasteiger partial charge in [0.15, 0.2) is 12.6 Å². The van der Waals surface area contributed by atoms with Gasteiger partial charge in [-0.05, 0) is 99.8 Å². The third-order valence-corrected chi connectivity index (χ3v) is 15.6. The molecule has 0 radical (unpaired) electrons. The lowest BCUT2D eigenvalue weighted by Gasteiger charge is -2.48. The van der Waals surface area contributed by atoms with E-state index in [1.807, 2.05) is 18.7 Å². The van der Waals surface area contributed by atoms with Gasteiger partial charge >= 0.3 is 5.97 Å². The Kier molecular flexibility index (Phi) is 17.1. The minimum Gasteiger partial charge on any atom is -0.459 e. The first-order valence-electron chi connectivity index (χ1n) is 21.7. The minimum atomic E-state index is -4.07. The Morgan fingerprint density at radius 1 is 0.934 bits per heavy atom. The molecule has 0 bridgehead atoms. The quantitative estimate of drug-likeness (QED) is 0.226. The molecule has 0 saturated carbocycles. The number of likely N-dealkylation sites (N-methyl/N-ethyl adjacent to an activating group) is 2. The number of hydrogen-bond donors (Lipinski definition) is 5. The molecule has 3 fully saturated rings. The molecule has 16 nitrogen and oxygen atoms in total. The van der Waals surface area contributed by atoms with E-state index in [-0.39, 0.29) is 36.5 Å². The molecule has 0 spiro atoms. The van der Waals surface area contributed by atoms with Gasteiger partial charge < -0.3 is 58.9 Å². The summed E-state index contributed by atoms with van der Waals surface area (Å²) in [6.45, 7) is 19.2. The molecule has 3 aliphatic rings. The van der Waals surface area contributed by atoms with Crippen LogP contribution in [0.5, 0.6) is 0 Å². The number of cyclic esters (lactones) is 1. The van der Waals surface area contributed by atoms with Crippen molar-refractivity contribution in [2.75, 3.05) is 27.7 Å². The van der Waals surface area contributed by atoms with Gasteiger partial charge in [0, 0.05) is 39.1 Å². The molecule has 0 aromatic heterocycles. The summed E-state index contributed by atoms with van der Waals surface area (Å²) >= 11 is 0. The number of aliphatic hydroxyl groups is 5. The molecule has 18 unspecified atom stereocenters. The maximum atomic E-state index is 14.4. The highest BCUT2D eigenvalue weighted by atomic mass is 32.2. The first kappa shape index (κ1) is 51.8. The standard InChI is InChI=1S/C44H76N2O14S/c1-15-33-44(11,52)37(48)29(7)45(12)23-25(3)21-42(9,51)39(27(5)36(28(6)40(50)58-33)59-34-22-43(10,55-14)38(49)30(8)57-34)60-41-35(47)32(20-26(4)56-41)46(13)61(53,54)31-18-16-24(2)17-19-31/h16-19,25-30,32-39,41,47-49,51-52H,15,20-23H2,1-14H3. The van der Waals surface area contributed by atoms with Crippen molar-refractivity contribution in [1.82, 2.24) is 9.21 Å². The second kappa shape index (κ2) is 20.1. The average Bonchev–Trinajstić information content (AvgIpc) is 3.18. The van der Waals surface area contributed by atoms with Crippen LogP contribution in [-0.2, 0) is 43.2 Å². The summed E-state index contributed by atoms with van der Waals surface area (Å²) in [5.41, 5.74) is -3.78. The molecule has 4 rings (SSSR count). The Labute approximate surface area is 363 Å². The molecule has 5 N–H and O–H groups in total. The highest BCUT2D eigenvalue weighted by Gasteiger charge is 2.53. The fourth-order valence-electron chi connectivity index (χ4n) is 9.64. The lowest BCUT2D eigenvalue weighted by atomic mass is 9.77. The van der Waals surface area contributed by atoms with E-state index in [1.54, 1.807) is 74.6 Å². The molecule has 1 aromatic rings. The fourth-order valence-corrected chi connectivity index (χ4v) is 11.0. The number of benzene rings is 1. The van der Waals surface area contributed by atoms with Gasteiger partial charge in [0.1, 0.15) is 30.0 Å². The monoisotopic (exact) mass is 889 g/mol. The summed E-state index contributed by atoms with van der Waals surface area (Å²) in [7, 11) is 0.609. The van der Waals surface area contributed by atoms with Gasteiger partial charge in [0.2, 0.25) is 10.0 Å². The maximum absolute atomic E-state index is 14.4. The molecule has 0 amide bonds. The van der Waals surface area contributed by atoms with E-state index in [4.69, 9.17) is 28.4 Å². The van der Waals surface area contributed by atoms with Crippen molar-refractivity contribution >= 4 is 16.0 Å². The van der Waals surface area contributed by atoms with Crippen molar-refractivity contribution in [1.29, 1.82) is 0 Å². The third kappa shape index (κ3) is 11.3. The SMILES string of the molecule is CCC1OC(=O)C(C)C(OC2CC(C)(OC)C(O)C(C)O2)C(C)C(OC2OC(C)CC(N(C)S(=O)(=O)c3ccc(C)cc3)C2O)C(C)(O)CC(C)CN(C)C(C)C(O)C1(C)O. The first-order valence-corrected chi connectivity index (χ1v) is 23.2. The highest BCUT2D eigenvalue weighted by molar-refractivity contribution is 7.89. The van der Waals surface area contributed by atoms with Crippen LogP contribution in [0.15, 0.2) is 29.2 Å². The van der Waals surface area contributed by atoms with Gasteiger partial charge in [-0.3, -0.25) is 4.79 Å². The van der Waals surface area contributed by atoms with E-state index in [9.17, 15) is 38.7 Å². The molecular formula is C44H76N2O14S. The number of ether oxygens (including phenoxy) is 6. The number of methoxy groups -OCH3 is 1. The molecule has 352 valence electrons. The molecule has 3 saturated heterocycles. The summed E-state index contributed by atoms with van der Waals surface area (Å²) in [5, 5.41) is 59.1. The van der Waals surface area contributed by atoms with Crippen molar-refractivity contribution in [2.45, 2.75) is 197 Å². The molecule has 61 heavy (non-hydrogen) atoms. The smallest absolute Gasteiger partial charge is 0.311 e. The molecule has 1 aromatic carbocycles. The number of esters is 1. The van der Waals surface area contributed by atoms with Crippen LogP contribution in [-0.4, -0.2) is 167 Å². The third-order valence-electron chi connectivity index (χ3n) is 13.7. The number of hydrogen-bond acceptors (Lipinski definition) is 15. The number of carbonyl (C=O) groups excluding carboxylic acids is 1. The van der Waals surface area contributed by atoms with Gasteiger partial charge in [-0.2, -0.15) is 4.31 Å². The van der Waals surface area contributed by atoms with E-state index in [1.165, 1.54) is 33.2 Å². The van der Waals surface area contributed by atoms with Crippen molar-refractivity contribution in [2.24, 2.45) is 17.8 Å². The summed E-state index contributed by atoms with van der Waals surface area (Å²) in [6, 6.07) is 4.84. The van der Waals surface area contributed by atoms with Crippen LogP contribution in [0.1, 0.15) is 100 Å². The Morgan fingerprint density at radius 2 is 1.54 bits per heavy atom. The number of rotatable bonds is 9. The molecule has 3 aliphatic heterocycles. The number of carbonyl (C=O) groups is 1. The van der Waals surface area contributed by atoms with Crippen LogP contribution < -0.4 is 0 Å². The van der Waals surface area contributed by atoms with Crippen LogP contribution in [0.4, 0.5) is 0 Å². The van der Waals surface area contributed by atoms with Crippen molar-refractivity contribution < 1.29 is 67.2 Å². The molecule has 0 aliphatic carbocycles. The van der Waals surface area contributed by atoms with E-state index < -0.39 is 118 Å². The Morgan fingerprint density at radius 3 is 2.11 bits per heavy atom. The van der Waals surface area contributed by atoms with Crippen molar-refractivity contribution in [3.8, 4) is 0 Å². The van der Waals surface area contributed by atoms with Crippen LogP contribution in [0, 0.1) is 24.7 Å². The Balaban J connectivity index is 1.83. The zero-order valence-corrected chi connectivity index (χ0v) is 39.5. The zero-order valence-electron chi connectivity index (χ0n) is 38.7. The van der Waals surface area contributed by atoms with Crippen LogP contribution in [0.25, 0.3) is 0 Å². The first-order chi connectivity index (χ1) is 28.1. The second-order valence-corrected chi connectivity index (χ2v) is 21.0. The number of nitrogens with zero attached hydrogens (tertiary/aromatic N) is 2. The predicted octanol–water partition coefficient (Wildman–Crippen LogP) is 2.97. The van der Waals surface area contributed by atoms with Crippen molar-refractivity contribution in [3.63, 3.8) is 0 Å². The topological polar surface area (TPSA) is 214 Å². The number of aliphatic hydroxyl groups excluding tert-OH is 3. The molecule has 3 heterocycles. The lowest BCUT2D eigenvalue weighted by Crippen LogP contribution is -2.61. The van der Waals surface area contributed by atoms with E-state index in [0.29, 0.717) is 6.54 Å². The van der Waals surface area contributed by atoms with E-state index >= 15 is 0 Å². The molecule has 17 heteroatoms. The largest absolute Gasteiger partial charge is 0.459 e. The van der Waals surface area contributed by atoms with Gasteiger partial charge in [-0.25, -0.2) is 8.42 Å². The highest BCUT2D eigenvalue weighted by Crippen LogP contribution is 2.40. The van der Waals surface area contributed by atoms with Gasteiger partial charge in [0.25, 0.3) is 0 Å². The Bertz CT molecular complexity index is 1700. The average molecular weight is 889 g/mol. The number of sulfonamides is 1. The van der Waals surface area contributed by atoms with E-state index in [0.717, 1.165) is 9.87 Å². The van der Waals surface area contributed by atoms with Gasteiger partial charge in [0.05, 0.1) is 52.5 Å². The second-order valence-electron chi connectivity index (χ2n) is 19.0. The van der Waals surface area contributed by atoms with Crippen LogP contribution in [0.3, 0.4) is 0 Å². The van der Waals surface area contributed by atoms with Gasteiger partial charge in [-0.15, -0.1) is 0 Å². The Hall–Kier alpha value is -1.84. The number of aryl methyl sites for hydroxylation is 1.